The molecule has 0 saturated carbocycles. The van der Waals surface area contributed by atoms with Gasteiger partial charge in [0.2, 0.25) is 0 Å². The minimum atomic E-state index is -0.399. The van der Waals surface area contributed by atoms with Crippen LogP contribution < -0.4 is 5.32 Å². The Morgan fingerprint density at radius 3 is 2.67 bits per heavy atom. The molecule has 0 aliphatic heterocycles. The maximum Gasteiger partial charge on any atom is 0.126 e. The van der Waals surface area contributed by atoms with Gasteiger partial charge in [-0.2, -0.15) is 0 Å². The number of rotatable bonds is 4. The van der Waals surface area contributed by atoms with Crippen molar-refractivity contribution in [3.8, 4) is 0 Å². The number of benzene rings is 1. The molecule has 0 bridgehead atoms. The van der Waals surface area contributed by atoms with Crippen molar-refractivity contribution in [2.45, 2.75) is 39.8 Å². The minimum Gasteiger partial charge on any atom is -0.391 e. The minimum absolute atomic E-state index is 0.0539. The lowest BCUT2D eigenvalue weighted by Gasteiger charge is -2.27. The van der Waals surface area contributed by atoms with E-state index in [9.17, 15) is 5.11 Å². The molecule has 1 aromatic carbocycles. The fourth-order valence-corrected chi connectivity index (χ4v) is 2.42. The number of halogens is 1. The van der Waals surface area contributed by atoms with Crippen LogP contribution in [0.4, 0.5) is 0 Å². The maximum absolute atomic E-state index is 10.1. The second kappa shape index (κ2) is 5.95. The molecule has 2 atom stereocenters. The average Bonchev–Trinajstić information content (AvgIpc) is 2.72. The van der Waals surface area contributed by atoms with Gasteiger partial charge in [0, 0.05) is 18.6 Å². The van der Waals surface area contributed by atoms with Crippen LogP contribution in [0, 0.1) is 5.41 Å². The van der Waals surface area contributed by atoms with Crippen molar-refractivity contribution < 1.29 is 5.11 Å². The van der Waals surface area contributed by atoms with Crippen molar-refractivity contribution in [2.75, 3.05) is 6.54 Å². The number of aliphatic hydroxyl groups excluding tert-OH is 1. The van der Waals surface area contributed by atoms with Gasteiger partial charge in [-0.25, -0.2) is 4.98 Å². The van der Waals surface area contributed by atoms with Crippen LogP contribution in [-0.4, -0.2) is 27.3 Å². The highest BCUT2D eigenvalue weighted by molar-refractivity contribution is 6.31. The van der Waals surface area contributed by atoms with Gasteiger partial charge in [0.25, 0.3) is 0 Å². The molecule has 2 aromatic rings. The molecule has 116 valence electrons. The normalized spacial score (nSPS) is 15.4. The van der Waals surface area contributed by atoms with Gasteiger partial charge in [-0.3, -0.25) is 0 Å². The largest absolute Gasteiger partial charge is 0.391 e. The van der Waals surface area contributed by atoms with E-state index in [0.29, 0.717) is 11.6 Å². The molecule has 2 N–H and O–H groups in total. The first kappa shape index (κ1) is 16.3. The number of hydrogen-bond acceptors (Lipinski definition) is 3. The van der Waals surface area contributed by atoms with Crippen LogP contribution in [0.3, 0.4) is 0 Å². The van der Waals surface area contributed by atoms with Gasteiger partial charge in [0.1, 0.15) is 5.82 Å². The molecule has 1 aromatic heterocycles. The fraction of sp³-hybridized carbons (Fsp3) is 0.562. The Morgan fingerprint density at radius 2 is 2.05 bits per heavy atom. The number of fused-ring (bicyclic) bond motifs is 1. The Labute approximate surface area is 131 Å². The van der Waals surface area contributed by atoms with Crippen LogP contribution in [0.1, 0.15) is 39.6 Å². The lowest BCUT2D eigenvalue weighted by molar-refractivity contribution is 0.0606. The zero-order chi connectivity index (χ0) is 15.8. The van der Waals surface area contributed by atoms with Crippen LogP contribution in [0.15, 0.2) is 18.2 Å². The summed E-state index contributed by atoms with van der Waals surface area (Å²) in [5.74, 6) is 0.938. The molecule has 0 fully saturated rings. The molecule has 4 nitrogen and oxygen atoms in total. The Balaban J connectivity index is 2.16. The third-order valence-electron chi connectivity index (χ3n) is 3.88. The van der Waals surface area contributed by atoms with Crippen molar-refractivity contribution in [3.63, 3.8) is 0 Å². The molecule has 0 amide bonds. The van der Waals surface area contributed by atoms with E-state index in [1.807, 2.05) is 50.6 Å². The van der Waals surface area contributed by atoms with E-state index in [0.717, 1.165) is 16.9 Å². The zero-order valence-electron chi connectivity index (χ0n) is 13.3. The Bertz CT molecular complexity index is 630. The van der Waals surface area contributed by atoms with Crippen molar-refractivity contribution in [1.82, 2.24) is 14.9 Å². The third-order valence-corrected chi connectivity index (χ3v) is 4.12. The molecule has 2 unspecified atom stereocenters. The van der Waals surface area contributed by atoms with Crippen LogP contribution in [0.5, 0.6) is 0 Å². The van der Waals surface area contributed by atoms with Crippen molar-refractivity contribution >= 4 is 22.6 Å². The average molecular weight is 310 g/mol. The molecule has 21 heavy (non-hydrogen) atoms. The SMILES string of the molecule is CC(NCC(O)C(C)(C)C)c1nc2ccc(Cl)cc2n1C. The topological polar surface area (TPSA) is 50.1 Å². The van der Waals surface area contributed by atoms with Gasteiger partial charge in [-0.05, 0) is 30.5 Å². The van der Waals surface area contributed by atoms with Crippen LogP contribution in [-0.2, 0) is 7.05 Å². The van der Waals surface area contributed by atoms with Gasteiger partial charge in [-0.15, -0.1) is 0 Å². The van der Waals surface area contributed by atoms with Gasteiger partial charge in [0.15, 0.2) is 0 Å². The number of hydrogen-bond donors (Lipinski definition) is 2. The van der Waals surface area contributed by atoms with E-state index in [2.05, 4.69) is 17.2 Å². The Morgan fingerprint density at radius 1 is 1.38 bits per heavy atom. The maximum atomic E-state index is 10.1. The molecule has 0 spiro atoms. The Kier molecular flexibility index (Phi) is 4.61. The number of nitrogens with one attached hydrogen (secondary N) is 1. The van der Waals surface area contributed by atoms with Crippen molar-refractivity contribution in [1.29, 1.82) is 0 Å². The molecular weight excluding hydrogens is 286 g/mol. The van der Waals surface area contributed by atoms with Crippen LogP contribution >= 0.6 is 11.6 Å². The quantitative estimate of drug-likeness (QED) is 0.911. The highest BCUT2D eigenvalue weighted by Gasteiger charge is 2.23. The van der Waals surface area contributed by atoms with E-state index >= 15 is 0 Å². The van der Waals surface area contributed by atoms with Gasteiger partial charge in [0.05, 0.1) is 23.2 Å². The summed E-state index contributed by atoms with van der Waals surface area (Å²) in [6.45, 7) is 8.68. The summed E-state index contributed by atoms with van der Waals surface area (Å²) >= 11 is 6.04. The summed E-state index contributed by atoms with van der Waals surface area (Å²) in [4.78, 5) is 4.65. The zero-order valence-corrected chi connectivity index (χ0v) is 14.1. The summed E-state index contributed by atoms with van der Waals surface area (Å²) in [7, 11) is 1.99. The van der Waals surface area contributed by atoms with Gasteiger partial charge >= 0.3 is 0 Å². The smallest absolute Gasteiger partial charge is 0.126 e. The van der Waals surface area contributed by atoms with Crippen molar-refractivity contribution in [2.24, 2.45) is 12.5 Å². The molecule has 0 saturated heterocycles. The molecule has 1 heterocycles. The second-order valence-electron chi connectivity index (χ2n) is 6.67. The first-order chi connectivity index (χ1) is 9.70. The van der Waals surface area contributed by atoms with Crippen LogP contribution in [0.25, 0.3) is 11.0 Å². The monoisotopic (exact) mass is 309 g/mol. The molecule has 2 rings (SSSR count). The highest BCUT2D eigenvalue weighted by atomic mass is 35.5. The summed E-state index contributed by atoms with van der Waals surface area (Å²) < 4.78 is 2.04. The number of imidazole rings is 1. The number of aliphatic hydroxyl groups is 1. The standard InChI is InChI=1S/C16H24ClN3O/c1-10(18-9-14(21)16(2,3)4)15-19-12-7-6-11(17)8-13(12)20(15)5/h6-8,10,14,18,21H,9H2,1-5H3. The fourth-order valence-electron chi connectivity index (χ4n) is 2.25. The number of aryl methyl sites for hydroxylation is 1. The first-order valence-electron chi connectivity index (χ1n) is 7.23. The summed E-state index contributed by atoms with van der Waals surface area (Å²) in [6.07, 6.45) is -0.399. The number of nitrogens with zero attached hydrogens (tertiary/aromatic N) is 2. The molecule has 0 aliphatic carbocycles. The van der Waals surface area contributed by atoms with E-state index in [4.69, 9.17) is 11.6 Å². The highest BCUT2D eigenvalue weighted by Crippen LogP contribution is 2.23. The lowest BCUT2D eigenvalue weighted by Crippen LogP contribution is -2.38. The van der Waals surface area contributed by atoms with Crippen LogP contribution in [0.2, 0.25) is 5.02 Å². The first-order valence-corrected chi connectivity index (χ1v) is 7.61. The van der Waals surface area contributed by atoms with E-state index < -0.39 is 6.10 Å². The third kappa shape index (κ3) is 3.57. The summed E-state index contributed by atoms with van der Waals surface area (Å²) in [5.41, 5.74) is 1.82. The van der Waals surface area contributed by atoms with Gasteiger partial charge < -0.3 is 15.0 Å². The van der Waals surface area contributed by atoms with E-state index in [-0.39, 0.29) is 11.5 Å². The van der Waals surface area contributed by atoms with E-state index in [1.165, 1.54) is 0 Å². The molecule has 0 aliphatic rings. The summed E-state index contributed by atoms with van der Waals surface area (Å²) in [5, 5.41) is 14.2. The molecular formula is C16H24ClN3O. The van der Waals surface area contributed by atoms with Crippen molar-refractivity contribution in [3.05, 3.63) is 29.0 Å². The van der Waals surface area contributed by atoms with E-state index in [1.54, 1.807) is 0 Å². The Hall–Kier alpha value is -1.10. The number of aromatic nitrogens is 2. The predicted molar refractivity (Wildman–Crippen MR) is 87.6 cm³/mol. The molecule has 5 heteroatoms. The van der Waals surface area contributed by atoms with Gasteiger partial charge in [-0.1, -0.05) is 32.4 Å². The predicted octanol–water partition coefficient (Wildman–Crippen LogP) is 3.28. The molecule has 0 radical (unpaired) electrons. The summed E-state index contributed by atoms with van der Waals surface area (Å²) in [6, 6.07) is 5.75. The second-order valence-corrected chi connectivity index (χ2v) is 7.11. The lowest BCUT2D eigenvalue weighted by atomic mass is 9.89.